The van der Waals surface area contributed by atoms with Crippen LogP contribution in [0.2, 0.25) is 0 Å². The highest BCUT2D eigenvalue weighted by atomic mass is 16.3. The first-order valence-electron chi connectivity index (χ1n) is 5.22. The van der Waals surface area contributed by atoms with Crippen molar-refractivity contribution < 1.29 is 10.2 Å². The van der Waals surface area contributed by atoms with Crippen molar-refractivity contribution in [2.75, 3.05) is 5.32 Å². The van der Waals surface area contributed by atoms with Gasteiger partial charge in [0, 0.05) is 5.69 Å². The smallest absolute Gasteiger partial charge is 0.0795 e. The first-order valence-corrected chi connectivity index (χ1v) is 5.22. The zero-order valence-electron chi connectivity index (χ0n) is 9.12. The van der Waals surface area contributed by atoms with Crippen LogP contribution in [-0.4, -0.2) is 21.9 Å². The van der Waals surface area contributed by atoms with Gasteiger partial charge in [-0.25, -0.2) is 0 Å². The van der Waals surface area contributed by atoms with E-state index in [0.29, 0.717) is 0 Å². The summed E-state index contributed by atoms with van der Waals surface area (Å²) in [5, 5.41) is 22.2. The second-order valence-corrected chi connectivity index (χ2v) is 4.70. The van der Waals surface area contributed by atoms with Crippen molar-refractivity contribution in [2.45, 2.75) is 38.5 Å². The van der Waals surface area contributed by atoms with E-state index < -0.39 is 5.60 Å². The Bertz CT molecular complexity index is 368. The molecule has 1 aromatic carbocycles. The van der Waals surface area contributed by atoms with Crippen molar-refractivity contribution in [2.24, 2.45) is 0 Å². The molecule has 3 heteroatoms. The van der Waals surface area contributed by atoms with Crippen LogP contribution in [-0.2, 0) is 13.0 Å². The molecule has 15 heavy (non-hydrogen) atoms. The van der Waals surface area contributed by atoms with Crippen LogP contribution in [0.5, 0.6) is 0 Å². The van der Waals surface area contributed by atoms with Crippen molar-refractivity contribution in [1.82, 2.24) is 0 Å². The first kappa shape index (κ1) is 10.5. The highest BCUT2D eigenvalue weighted by Gasteiger charge is 2.32. The molecule has 82 valence electrons. The lowest BCUT2D eigenvalue weighted by atomic mass is 9.96. The number of aliphatic hydroxyl groups excluding tert-OH is 1. The average molecular weight is 207 g/mol. The van der Waals surface area contributed by atoms with Gasteiger partial charge in [0.05, 0.1) is 18.2 Å². The van der Waals surface area contributed by atoms with Gasteiger partial charge in [-0.2, -0.15) is 0 Å². The molecule has 0 bridgehead atoms. The van der Waals surface area contributed by atoms with Crippen LogP contribution >= 0.6 is 0 Å². The fourth-order valence-corrected chi connectivity index (χ4v) is 1.94. The number of fused-ring (bicyclic) bond motifs is 1. The SMILES string of the molecule is CC(C)(O)C1Cc2cc(CO)ccc2N1. The van der Waals surface area contributed by atoms with Gasteiger partial charge < -0.3 is 15.5 Å². The van der Waals surface area contributed by atoms with Crippen LogP contribution in [0.3, 0.4) is 0 Å². The van der Waals surface area contributed by atoms with E-state index >= 15 is 0 Å². The van der Waals surface area contributed by atoms with Crippen LogP contribution in [0.25, 0.3) is 0 Å². The van der Waals surface area contributed by atoms with Crippen molar-refractivity contribution in [3.05, 3.63) is 29.3 Å². The summed E-state index contributed by atoms with van der Waals surface area (Å²) in [6.07, 6.45) is 0.812. The number of nitrogens with one attached hydrogen (secondary N) is 1. The molecule has 0 saturated heterocycles. The number of hydrogen-bond donors (Lipinski definition) is 3. The number of anilines is 1. The molecule has 1 aliphatic rings. The van der Waals surface area contributed by atoms with Crippen molar-refractivity contribution in [3.63, 3.8) is 0 Å². The molecule has 0 spiro atoms. The monoisotopic (exact) mass is 207 g/mol. The lowest BCUT2D eigenvalue weighted by molar-refractivity contribution is 0.0614. The number of hydrogen-bond acceptors (Lipinski definition) is 3. The molecular weight excluding hydrogens is 190 g/mol. The molecule has 0 aromatic heterocycles. The molecule has 0 saturated carbocycles. The molecule has 1 atom stereocenters. The summed E-state index contributed by atoms with van der Waals surface area (Å²) in [5.74, 6) is 0. The maximum atomic E-state index is 9.90. The van der Waals surface area contributed by atoms with E-state index in [1.807, 2.05) is 32.0 Å². The molecule has 1 heterocycles. The van der Waals surface area contributed by atoms with E-state index in [9.17, 15) is 5.11 Å². The van der Waals surface area contributed by atoms with Gasteiger partial charge in [-0.3, -0.25) is 0 Å². The van der Waals surface area contributed by atoms with Gasteiger partial charge in [-0.1, -0.05) is 12.1 Å². The third kappa shape index (κ3) is 1.98. The minimum absolute atomic E-state index is 0.0569. The largest absolute Gasteiger partial charge is 0.392 e. The van der Waals surface area contributed by atoms with Gasteiger partial charge in [0.1, 0.15) is 0 Å². The first-order chi connectivity index (χ1) is 7.00. The molecule has 2 rings (SSSR count). The highest BCUT2D eigenvalue weighted by molar-refractivity contribution is 5.58. The second-order valence-electron chi connectivity index (χ2n) is 4.70. The molecular formula is C12H17NO2. The topological polar surface area (TPSA) is 52.5 Å². The quantitative estimate of drug-likeness (QED) is 0.685. The van der Waals surface area contributed by atoms with E-state index in [1.54, 1.807) is 0 Å². The second kappa shape index (κ2) is 3.51. The molecule has 3 nitrogen and oxygen atoms in total. The maximum Gasteiger partial charge on any atom is 0.0795 e. The minimum Gasteiger partial charge on any atom is -0.392 e. The van der Waals surface area contributed by atoms with Crippen molar-refractivity contribution in [3.8, 4) is 0 Å². The van der Waals surface area contributed by atoms with E-state index in [1.165, 1.54) is 5.56 Å². The molecule has 1 aromatic rings. The van der Waals surface area contributed by atoms with Gasteiger partial charge in [0.15, 0.2) is 0 Å². The fraction of sp³-hybridized carbons (Fsp3) is 0.500. The zero-order valence-corrected chi connectivity index (χ0v) is 9.12. The fourth-order valence-electron chi connectivity index (χ4n) is 1.94. The summed E-state index contributed by atoms with van der Waals surface area (Å²) < 4.78 is 0. The Morgan fingerprint density at radius 3 is 2.80 bits per heavy atom. The molecule has 1 aliphatic heterocycles. The Balaban J connectivity index is 2.24. The van der Waals surface area contributed by atoms with Crippen molar-refractivity contribution in [1.29, 1.82) is 0 Å². The molecule has 0 aliphatic carbocycles. The van der Waals surface area contributed by atoms with Gasteiger partial charge in [-0.05, 0) is 37.5 Å². The molecule has 0 radical (unpaired) electrons. The van der Waals surface area contributed by atoms with Crippen LogP contribution < -0.4 is 5.32 Å². The Labute approximate surface area is 89.8 Å². The Morgan fingerprint density at radius 2 is 2.20 bits per heavy atom. The minimum atomic E-state index is -0.724. The van der Waals surface area contributed by atoms with Gasteiger partial charge in [0.2, 0.25) is 0 Å². The third-order valence-corrected chi connectivity index (χ3v) is 2.96. The molecule has 0 amide bonds. The van der Waals surface area contributed by atoms with E-state index in [-0.39, 0.29) is 12.6 Å². The third-order valence-electron chi connectivity index (χ3n) is 2.96. The molecule has 0 fully saturated rings. The van der Waals surface area contributed by atoms with E-state index in [0.717, 1.165) is 17.7 Å². The molecule has 1 unspecified atom stereocenters. The molecule has 3 N–H and O–H groups in total. The maximum absolute atomic E-state index is 9.90. The van der Waals surface area contributed by atoms with Crippen LogP contribution in [0.1, 0.15) is 25.0 Å². The van der Waals surface area contributed by atoms with E-state index in [4.69, 9.17) is 5.11 Å². The zero-order chi connectivity index (χ0) is 11.1. The summed E-state index contributed by atoms with van der Waals surface area (Å²) in [7, 11) is 0. The summed E-state index contributed by atoms with van der Waals surface area (Å²) in [5.41, 5.74) is 2.44. The van der Waals surface area contributed by atoms with Crippen LogP contribution in [0.4, 0.5) is 5.69 Å². The highest BCUT2D eigenvalue weighted by Crippen LogP contribution is 2.31. The Hall–Kier alpha value is -1.06. The van der Waals surface area contributed by atoms with Crippen molar-refractivity contribution >= 4 is 5.69 Å². The Morgan fingerprint density at radius 1 is 1.47 bits per heavy atom. The van der Waals surface area contributed by atoms with Crippen LogP contribution in [0.15, 0.2) is 18.2 Å². The van der Waals surface area contributed by atoms with Gasteiger partial charge in [-0.15, -0.1) is 0 Å². The van der Waals surface area contributed by atoms with Gasteiger partial charge >= 0.3 is 0 Å². The predicted octanol–water partition coefficient (Wildman–Crippen LogP) is 1.29. The number of rotatable bonds is 2. The number of aliphatic hydroxyl groups is 2. The summed E-state index contributed by atoms with van der Waals surface area (Å²) in [6.45, 7) is 3.69. The summed E-state index contributed by atoms with van der Waals surface area (Å²) in [4.78, 5) is 0. The normalized spacial score (nSPS) is 19.9. The van der Waals surface area contributed by atoms with Crippen LogP contribution in [0, 0.1) is 0 Å². The standard InChI is InChI=1S/C12H17NO2/c1-12(2,15)11-6-9-5-8(7-14)3-4-10(9)13-11/h3-5,11,13-15H,6-7H2,1-2H3. The average Bonchev–Trinajstić information content (AvgIpc) is 2.59. The lowest BCUT2D eigenvalue weighted by Gasteiger charge is -2.25. The lowest BCUT2D eigenvalue weighted by Crippen LogP contribution is -2.40. The summed E-state index contributed by atoms with van der Waals surface area (Å²) >= 11 is 0. The van der Waals surface area contributed by atoms with E-state index in [2.05, 4.69) is 5.32 Å². The summed E-state index contributed by atoms with van der Waals surface area (Å²) in [6, 6.07) is 5.92. The van der Waals surface area contributed by atoms with Gasteiger partial charge in [0.25, 0.3) is 0 Å². The Kier molecular flexibility index (Phi) is 2.44. The predicted molar refractivity (Wildman–Crippen MR) is 59.8 cm³/mol. The number of benzene rings is 1.